The van der Waals surface area contributed by atoms with E-state index in [0.717, 1.165) is 0 Å². The van der Waals surface area contributed by atoms with Crippen molar-refractivity contribution in [2.24, 2.45) is 7.05 Å². The second kappa shape index (κ2) is 5.98. The predicted octanol–water partition coefficient (Wildman–Crippen LogP) is -0.837. The first-order chi connectivity index (χ1) is 9.79. The molecule has 1 aromatic heterocycles. The lowest BCUT2D eigenvalue weighted by Crippen LogP contribution is -2.53. The predicted molar refractivity (Wildman–Crippen MR) is 75.9 cm³/mol. The van der Waals surface area contributed by atoms with Crippen LogP contribution in [0.15, 0.2) is 6.33 Å². The van der Waals surface area contributed by atoms with Gasteiger partial charge < -0.3 is 14.8 Å². The van der Waals surface area contributed by atoms with Gasteiger partial charge in [0.25, 0.3) is 0 Å². The summed E-state index contributed by atoms with van der Waals surface area (Å²) >= 11 is 0. The minimum Gasteiger partial charge on any atom is -0.328 e. The molecule has 0 radical (unpaired) electrons. The number of rotatable bonds is 3. The molecule has 1 aliphatic rings. The number of aromatic nitrogens is 3. The monoisotopic (exact) mass is 316 g/mol. The molecule has 1 fully saturated rings. The SMILES string of the molecule is C[C@@H](NC(=O)N1CCN(S(C)(=O)=O)CC1)c1nncn1C. The van der Waals surface area contributed by atoms with Gasteiger partial charge in [0.2, 0.25) is 10.0 Å². The van der Waals surface area contributed by atoms with Gasteiger partial charge in [-0.05, 0) is 6.92 Å². The van der Waals surface area contributed by atoms with Crippen LogP contribution in [0.5, 0.6) is 0 Å². The lowest BCUT2D eigenvalue weighted by Gasteiger charge is -2.33. The Bertz CT molecular complexity index is 605. The van der Waals surface area contributed by atoms with Gasteiger partial charge in [-0.3, -0.25) is 0 Å². The van der Waals surface area contributed by atoms with E-state index in [4.69, 9.17) is 0 Å². The third-order valence-electron chi connectivity index (χ3n) is 3.47. The van der Waals surface area contributed by atoms with Crippen molar-refractivity contribution in [1.29, 1.82) is 0 Å². The van der Waals surface area contributed by atoms with E-state index < -0.39 is 10.0 Å². The van der Waals surface area contributed by atoms with Crippen molar-refractivity contribution >= 4 is 16.1 Å². The van der Waals surface area contributed by atoms with Crippen LogP contribution in [0.25, 0.3) is 0 Å². The molecule has 2 rings (SSSR count). The van der Waals surface area contributed by atoms with Crippen LogP contribution in [0.1, 0.15) is 18.8 Å². The third kappa shape index (κ3) is 3.70. The van der Waals surface area contributed by atoms with Crippen LogP contribution in [0.4, 0.5) is 4.79 Å². The van der Waals surface area contributed by atoms with Crippen LogP contribution in [-0.2, 0) is 17.1 Å². The molecule has 1 atom stereocenters. The summed E-state index contributed by atoms with van der Waals surface area (Å²) in [5.41, 5.74) is 0. The smallest absolute Gasteiger partial charge is 0.318 e. The summed E-state index contributed by atoms with van der Waals surface area (Å²) in [4.78, 5) is 13.8. The number of piperazine rings is 1. The number of amides is 2. The summed E-state index contributed by atoms with van der Waals surface area (Å²) in [6, 6.07) is -0.489. The van der Waals surface area contributed by atoms with Gasteiger partial charge in [-0.25, -0.2) is 13.2 Å². The second-order valence-electron chi connectivity index (χ2n) is 5.12. The molecule has 0 unspecified atom stereocenters. The molecule has 1 N–H and O–H groups in total. The van der Waals surface area contributed by atoms with Gasteiger partial charge in [0.1, 0.15) is 6.33 Å². The number of hydrogen-bond acceptors (Lipinski definition) is 5. The topological polar surface area (TPSA) is 100 Å². The maximum atomic E-state index is 12.2. The van der Waals surface area contributed by atoms with Crippen LogP contribution in [0.2, 0.25) is 0 Å². The van der Waals surface area contributed by atoms with Crippen LogP contribution in [-0.4, -0.2) is 70.9 Å². The lowest BCUT2D eigenvalue weighted by atomic mass is 10.3. The quantitative estimate of drug-likeness (QED) is 0.784. The lowest BCUT2D eigenvalue weighted by molar-refractivity contribution is 0.169. The number of carbonyl (C=O) groups is 1. The zero-order chi connectivity index (χ0) is 15.6. The van der Waals surface area contributed by atoms with Gasteiger partial charge in [0.05, 0.1) is 12.3 Å². The van der Waals surface area contributed by atoms with E-state index in [0.29, 0.717) is 32.0 Å². The normalized spacial score (nSPS) is 18.5. The summed E-state index contributed by atoms with van der Waals surface area (Å²) < 4.78 is 26.0. The van der Waals surface area contributed by atoms with E-state index in [1.54, 1.807) is 15.8 Å². The fraction of sp³-hybridized carbons (Fsp3) is 0.727. The van der Waals surface area contributed by atoms with Crippen molar-refractivity contribution in [2.45, 2.75) is 13.0 Å². The largest absolute Gasteiger partial charge is 0.328 e. The van der Waals surface area contributed by atoms with E-state index in [1.807, 2.05) is 14.0 Å². The van der Waals surface area contributed by atoms with Gasteiger partial charge in [-0.15, -0.1) is 10.2 Å². The number of carbonyl (C=O) groups excluding carboxylic acids is 1. The summed E-state index contributed by atoms with van der Waals surface area (Å²) in [5, 5.41) is 10.6. The van der Waals surface area contributed by atoms with Crippen LogP contribution in [0, 0.1) is 0 Å². The minimum atomic E-state index is -3.19. The first kappa shape index (κ1) is 15.7. The van der Waals surface area contributed by atoms with Crippen molar-refractivity contribution in [3.05, 3.63) is 12.2 Å². The number of nitrogens with one attached hydrogen (secondary N) is 1. The maximum Gasteiger partial charge on any atom is 0.318 e. The fourth-order valence-corrected chi connectivity index (χ4v) is 3.07. The Morgan fingerprint density at radius 1 is 1.33 bits per heavy atom. The number of urea groups is 1. The molecule has 10 heteroatoms. The molecule has 1 saturated heterocycles. The van der Waals surface area contributed by atoms with Gasteiger partial charge in [-0.2, -0.15) is 4.31 Å². The molecule has 0 aromatic carbocycles. The van der Waals surface area contributed by atoms with Crippen molar-refractivity contribution in [3.63, 3.8) is 0 Å². The maximum absolute atomic E-state index is 12.2. The third-order valence-corrected chi connectivity index (χ3v) is 4.77. The number of hydrogen-bond donors (Lipinski definition) is 1. The second-order valence-corrected chi connectivity index (χ2v) is 7.10. The van der Waals surface area contributed by atoms with Crippen LogP contribution < -0.4 is 5.32 Å². The molecule has 2 heterocycles. The molecule has 0 saturated carbocycles. The molecule has 1 aliphatic heterocycles. The van der Waals surface area contributed by atoms with Crippen molar-refractivity contribution in [1.82, 2.24) is 29.3 Å². The van der Waals surface area contributed by atoms with Crippen molar-refractivity contribution in [2.75, 3.05) is 32.4 Å². The molecule has 0 aliphatic carbocycles. The molecule has 2 amide bonds. The van der Waals surface area contributed by atoms with E-state index in [9.17, 15) is 13.2 Å². The summed E-state index contributed by atoms with van der Waals surface area (Å²) in [5.74, 6) is 0.665. The molecule has 9 nitrogen and oxygen atoms in total. The Labute approximate surface area is 124 Å². The highest BCUT2D eigenvalue weighted by Crippen LogP contribution is 2.10. The van der Waals surface area contributed by atoms with Gasteiger partial charge >= 0.3 is 6.03 Å². The van der Waals surface area contributed by atoms with E-state index >= 15 is 0 Å². The molecule has 21 heavy (non-hydrogen) atoms. The van der Waals surface area contributed by atoms with Crippen molar-refractivity contribution in [3.8, 4) is 0 Å². The minimum absolute atomic E-state index is 0.223. The summed E-state index contributed by atoms with van der Waals surface area (Å²) in [6.07, 6.45) is 2.75. The zero-order valence-corrected chi connectivity index (χ0v) is 13.2. The summed E-state index contributed by atoms with van der Waals surface area (Å²) in [7, 11) is -1.38. The molecular weight excluding hydrogens is 296 g/mol. The molecule has 1 aromatic rings. The van der Waals surface area contributed by atoms with Gasteiger partial charge in [-0.1, -0.05) is 0 Å². The van der Waals surface area contributed by atoms with Crippen LogP contribution >= 0.6 is 0 Å². The Morgan fingerprint density at radius 2 is 1.95 bits per heavy atom. The molecule has 0 bridgehead atoms. The first-order valence-corrected chi connectivity index (χ1v) is 8.48. The van der Waals surface area contributed by atoms with E-state index in [-0.39, 0.29) is 12.1 Å². The Morgan fingerprint density at radius 3 is 2.43 bits per heavy atom. The zero-order valence-electron chi connectivity index (χ0n) is 12.4. The van der Waals surface area contributed by atoms with E-state index in [1.165, 1.54) is 10.6 Å². The Kier molecular flexibility index (Phi) is 4.47. The average molecular weight is 316 g/mol. The number of sulfonamides is 1. The molecule has 118 valence electrons. The fourth-order valence-electron chi connectivity index (χ4n) is 2.25. The highest BCUT2D eigenvalue weighted by atomic mass is 32.2. The Hall–Kier alpha value is -1.68. The van der Waals surface area contributed by atoms with Gasteiger partial charge in [0.15, 0.2) is 5.82 Å². The standard InChI is InChI=1S/C11H20N6O3S/c1-9(10-14-12-8-15(10)2)13-11(18)16-4-6-17(7-5-16)21(3,19)20/h8-9H,4-7H2,1-3H3,(H,13,18)/t9-/m1/s1. The van der Waals surface area contributed by atoms with Crippen LogP contribution in [0.3, 0.4) is 0 Å². The molecular formula is C11H20N6O3S. The molecule has 0 spiro atoms. The highest BCUT2D eigenvalue weighted by Gasteiger charge is 2.27. The highest BCUT2D eigenvalue weighted by molar-refractivity contribution is 7.88. The summed E-state index contributed by atoms with van der Waals surface area (Å²) in [6.45, 7) is 3.23. The van der Waals surface area contributed by atoms with Gasteiger partial charge in [0, 0.05) is 33.2 Å². The number of aryl methyl sites for hydroxylation is 1. The average Bonchev–Trinajstić information content (AvgIpc) is 2.84. The Balaban J connectivity index is 1.89. The number of nitrogens with zero attached hydrogens (tertiary/aromatic N) is 5. The van der Waals surface area contributed by atoms with E-state index in [2.05, 4.69) is 15.5 Å². The van der Waals surface area contributed by atoms with Crippen molar-refractivity contribution < 1.29 is 13.2 Å². The first-order valence-electron chi connectivity index (χ1n) is 6.63.